The molecule has 0 saturated carbocycles. The van der Waals surface area contributed by atoms with Crippen LogP contribution < -0.4 is 0 Å². The molecule has 0 aliphatic carbocycles. The summed E-state index contributed by atoms with van der Waals surface area (Å²) in [7, 11) is 0. The van der Waals surface area contributed by atoms with Gasteiger partial charge in [-0.2, -0.15) is 13.2 Å². The van der Waals surface area contributed by atoms with Gasteiger partial charge in [-0.3, -0.25) is 4.90 Å². The molecule has 0 bridgehead atoms. The van der Waals surface area contributed by atoms with Crippen molar-refractivity contribution < 1.29 is 22.7 Å². The fourth-order valence-electron chi connectivity index (χ4n) is 4.10. The predicted octanol–water partition coefficient (Wildman–Crippen LogP) is 6.83. The van der Waals surface area contributed by atoms with E-state index in [0.717, 1.165) is 27.7 Å². The molecule has 2 heterocycles. The van der Waals surface area contributed by atoms with Crippen molar-refractivity contribution >= 4 is 33.6 Å². The van der Waals surface area contributed by atoms with E-state index in [4.69, 9.17) is 16.3 Å². The molecule has 148 valence electrons. The zero-order chi connectivity index (χ0) is 20.2. The molecule has 2 fully saturated rings. The molecule has 2 aromatic rings. The average molecular weight is 475 g/mol. The number of aryl methyl sites for hydroxylation is 1. The average Bonchev–Trinajstić information content (AvgIpc) is 3.17. The molecule has 2 aliphatic rings. The minimum atomic E-state index is -4.52. The van der Waals surface area contributed by atoms with Crippen LogP contribution in [0.2, 0.25) is 5.02 Å². The molecule has 2 aromatic carbocycles. The Kier molecular flexibility index (Phi) is 4.86. The van der Waals surface area contributed by atoms with Gasteiger partial charge < -0.3 is 4.74 Å². The minimum absolute atomic E-state index is 0.0321. The van der Waals surface area contributed by atoms with Crippen LogP contribution in [0.4, 0.5) is 18.0 Å². The van der Waals surface area contributed by atoms with E-state index in [1.165, 1.54) is 6.07 Å². The summed E-state index contributed by atoms with van der Waals surface area (Å²) in [5.74, 6) is 0. The second kappa shape index (κ2) is 6.95. The van der Waals surface area contributed by atoms with Crippen molar-refractivity contribution in [1.29, 1.82) is 0 Å². The van der Waals surface area contributed by atoms with E-state index >= 15 is 0 Å². The Morgan fingerprint density at radius 3 is 2.64 bits per heavy atom. The van der Waals surface area contributed by atoms with Crippen molar-refractivity contribution in [2.45, 2.75) is 44.1 Å². The molecule has 0 spiro atoms. The fraction of sp³-hybridized carbons (Fsp3) is 0.350. The van der Waals surface area contributed by atoms with Crippen LogP contribution in [0.5, 0.6) is 0 Å². The number of benzene rings is 2. The van der Waals surface area contributed by atoms with Gasteiger partial charge in [0, 0.05) is 9.50 Å². The number of hydrogen-bond donors (Lipinski definition) is 0. The quantitative estimate of drug-likeness (QED) is 0.478. The first kappa shape index (κ1) is 19.6. The molecule has 3 nitrogen and oxygen atoms in total. The fourth-order valence-corrected chi connectivity index (χ4v) is 4.85. The van der Waals surface area contributed by atoms with Crippen molar-refractivity contribution in [2.75, 3.05) is 0 Å². The van der Waals surface area contributed by atoms with Crippen LogP contribution in [-0.4, -0.2) is 17.0 Å². The van der Waals surface area contributed by atoms with Gasteiger partial charge in [-0.25, -0.2) is 4.79 Å². The zero-order valence-corrected chi connectivity index (χ0v) is 17.1. The largest absolute Gasteiger partial charge is 0.439 e. The van der Waals surface area contributed by atoms with Gasteiger partial charge in [-0.05, 0) is 55.2 Å². The van der Waals surface area contributed by atoms with Crippen molar-refractivity contribution in [3.63, 3.8) is 0 Å². The Morgan fingerprint density at radius 2 is 1.93 bits per heavy atom. The third kappa shape index (κ3) is 3.39. The summed E-state index contributed by atoms with van der Waals surface area (Å²) in [5.41, 5.74) is 1.46. The van der Waals surface area contributed by atoms with E-state index in [1.807, 2.05) is 25.1 Å². The molecule has 28 heavy (non-hydrogen) atoms. The first-order valence-corrected chi connectivity index (χ1v) is 9.95. The summed E-state index contributed by atoms with van der Waals surface area (Å²) < 4.78 is 45.9. The van der Waals surface area contributed by atoms with Gasteiger partial charge in [0.1, 0.15) is 6.10 Å². The normalized spacial score (nSPS) is 24.4. The highest BCUT2D eigenvalue weighted by Gasteiger charge is 2.51. The van der Waals surface area contributed by atoms with E-state index in [-0.39, 0.29) is 22.7 Å². The molecular weight excluding hydrogens is 459 g/mol. The van der Waals surface area contributed by atoms with Crippen molar-refractivity contribution in [3.8, 4) is 0 Å². The van der Waals surface area contributed by atoms with Gasteiger partial charge in [0.2, 0.25) is 0 Å². The number of rotatable bonds is 2. The van der Waals surface area contributed by atoms with Gasteiger partial charge in [0.05, 0.1) is 17.6 Å². The minimum Gasteiger partial charge on any atom is -0.439 e. The summed E-state index contributed by atoms with van der Waals surface area (Å²) >= 11 is 9.45. The third-order valence-electron chi connectivity index (χ3n) is 5.30. The highest BCUT2D eigenvalue weighted by atomic mass is 79.9. The van der Waals surface area contributed by atoms with Gasteiger partial charge in [-0.15, -0.1) is 0 Å². The summed E-state index contributed by atoms with van der Waals surface area (Å²) in [6.45, 7) is 1.97. The number of hydrogen-bond acceptors (Lipinski definition) is 2. The summed E-state index contributed by atoms with van der Waals surface area (Å²) in [5, 5.41) is -0.0321. The second-order valence-corrected chi connectivity index (χ2v) is 8.46. The van der Waals surface area contributed by atoms with Crippen LogP contribution in [0, 0.1) is 6.92 Å². The Bertz CT molecular complexity index is 950. The number of carbonyl (C=O) groups is 1. The van der Waals surface area contributed by atoms with Crippen LogP contribution in [0.3, 0.4) is 0 Å². The third-order valence-corrected chi connectivity index (χ3v) is 6.24. The Morgan fingerprint density at radius 1 is 1.18 bits per heavy atom. The van der Waals surface area contributed by atoms with Crippen LogP contribution >= 0.6 is 27.5 Å². The summed E-state index contributed by atoms with van der Waals surface area (Å²) in [4.78, 5) is 14.3. The highest BCUT2D eigenvalue weighted by molar-refractivity contribution is 9.10. The van der Waals surface area contributed by atoms with Crippen molar-refractivity contribution in [2.24, 2.45) is 0 Å². The predicted molar refractivity (Wildman–Crippen MR) is 102 cm³/mol. The first-order chi connectivity index (χ1) is 13.1. The van der Waals surface area contributed by atoms with Gasteiger partial charge in [-0.1, -0.05) is 45.2 Å². The molecule has 8 heteroatoms. The standard InChI is InChI=1S/C20H16BrClF3NO2/c1-10-2-3-15(21)14(6-10)16-4-5-17-18(28-19(27)26(16)17)11-7-12(20(23,24)25)9-13(22)8-11/h2-3,6-9,16-18H,4-5H2,1H3/t16-,17-,18+/m0/s1. The van der Waals surface area contributed by atoms with Gasteiger partial charge in [0.25, 0.3) is 0 Å². The maximum atomic E-state index is 13.2. The maximum absolute atomic E-state index is 13.2. The van der Waals surface area contributed by atoms with E-state index in [9.17, 15) is 18.0 Å². The molecule has 0 radical (unpaired) electrons. The lowest BCUT2D eigenvalue weighted by molar-refractivity contribution is -0.137. The number of cyclic esters (lactones) is 1. The number of ether oxygens (including phenoxy) is 1. The molecular formula is C20H16BrClF3NO2. The molecule has 4 rings (SSSR count). The SMILES string of the molecule is Cc1ccc(Br)c([C@@H]2CC[C@H]3[C@@H](c4cc(Cl)cc(C(F)(F)F)c4)OC(=O)N23)c1. The van der Waals surface area contributed by atoms with Crippen LogP contribution in [0.1, 0.15) is 47.2 Å². The van der Waals surface area contributed by atoms with E-state index in [0.29, 0.717) is 12.8 Å². The summed E-state index contributed by atoms with van der Waals surface area (Å²) in [6, 6.07) is 8.73. The molecule has 1 amide bonds. The maximum Gasteiger partial charge on any atom is 0.416 e. The molecule has 0 unspecified atom stereocenters. The van der Waals surface area contributed by atoms with Crippen molar-refractivity contribution in [1.82, 2.24) is 4.90 Å². The van der Waals surface area contributed by atoms with Crippen LogP contribution in [0.25, 0.3) is 0 Å². The van der Waals surface area contributed by atoms with E-state index in [1.54, 1.807) is 4.90 Å². The number of halogens is 5. The Hall–Kier alpha value is -1.73. The molecule has 3 atom stereocenters. The topological polar surface area (TPSA) is 29.5 Å². The van der Waals surface area contributed by atoms with Crippen LogP contribution in [-0.2, 0) is 10.9 Å². The summed E-state index contributed by atoms with van der Waals surface area (Å²) in [6.07, 6.45) is -4.47. The molecule has 2 aliphatic heterocycles. The van der Waals surface area contributed by atoms with E-state index < -0.39 is 23.9 Å². The van der Waals surface area contributed by atoms with Gasteiger partial charge >= 0.3 is 12.3 Å². The molecule has 0 N–H and O–H groups in total. The lowest BCUT2D eigenvalue weighted by Crippen LogP contribution is -2.30. The first-order valence-electron chi connectivity index (χ1n) is 8.78. The number of carbonyl (C=O) groups excluding carboxylic acids is 1. The number of amides is 1. The second-order valence-electron chi connectivity index (χ2n) is 7.17. The van der Waals surface area contributed by atoms with E-state index in [2.05, 4.69) is 15.9 Å². The number of fused-ring (bicyclic) bond motifs is 1. The van der Waals surface area contributed by atoms with Gasteiger partial charge in [0.15, 0.2) is 0 Å². The molecule has 0 aromatic heterocycles. The lowest BCUT2D eigenvalue weighted by atomic mass is 9.98. The number of nitrogens with zero attached hydrogens (tertiary/aromatic N) is 1. The van der Waals surface area contributed by atoms with Crippen LogP contribution in [0.15, 0.2) is 40.9 Å². The number of alkyl halides is 3. The zero-order valence-electron chi connectivity index (χ0n) is 14.8. The highest BCUT2D eigenvalue weighted by Crippen LogP contribution is 2.49. The Balaban J connectivity index is 1.69. The smallest absolute Gasteiger partial charge is 0.416 e. The van der Waals surface area contributed by atoms with Crippen molar-refractivity contribution in [3.05, 3.63) is 68.1 Å². The monoisotopic (exact) mass is 473 g/mol. The lowest BCUT2D eigenvalue weighted by Gasteiger charge is -2.24. The Labute approximate surface area is 173 Å². The molecule has 2 saturated heterocycles.